The number of benzene rings is 1. The van der Waals surface area contributed by atoms with Gasteiger partial charge in [0.1, 0.15) is 11.5 Å². The van der Waals surface area contributed by atoms with Gasteiger partial charge in [-0.1, -0.05) is 11.2 Å². The minimum absolute atomic E-state index is 0.161. The first-order chi connectivity index (χ1) is 12.0. The van der Waals surface area contributed by atoms with Crippen LogP contribution in [0.5, 0.6) is 5.75 Å². The quantitative estimate of drug-likeness (QED) is 0.830. The highest BCUT2D eigenvalue weighted by atomic mass is 16.5. The molecule has 1 unspecified atom stereocenters. The molecule has 3 rings (SSSR count). The van der Waals surface area contributed by atoms with Gasteiger partial charge in [0.15, 0.2) is 0 Å². The monoisotopic (exact) mass is 342 g/mol. The smallest absolute Gasteiger partial charge is 0.223 e. The summed E-state index contributed by atoms with van der Waals surface area (Å²) in [5.74, 6) is 2.12. The van der Waals surface area contributed by atoms with Gasteiger partial charge in [0.25, 0.3) is 0 Å². The molecule has 25 heavy (non-hydrogen) atoms. The normalized spacial score (nSPS) is 16.4. The van der Waals surface area contributed by atoms with Gasteiger partial charge in [-0.25, -0.2) is 0 Å². The molecule has 0 aliphatic heterocycles. The molecule has 0 spiro atoms. The van der Waals surface area contributed by atoms with Crippen LogP contribution in [-0.4, -0.2) is 30.1 Å². The SMILES string of the molecule is COc1ccc2c(c1)CCCC2CC(=O)N(C)Cc1c(C)noc1C. The number of aromatic nitrogens is 1. The molecular weight excluding hydrogens is 316 g/mol. The highest BCUT2D eigenvalue weighted by molar-refractivity contribution is 5.77. The second-order valence-corrected chi connectivity index (χ2v) is 6.91. The lowest BCUT2D eigenvalue weighted by atomic mass is 9.80. The van der Waals surface area contributed by atoms with Gasteiger partial charge in [0.2, 0.25) is 5.91 Å². The second-order valence-electron chi connectivity index (χ2n) is 6.91. The van der Waals surface area contributed by atoms with Crippen molar-refractivity contribution in [2.24, 2.45) is 0 Å². The van der Waals surface area contributed by atoms with E-state index < -0.39 is 0 Å². The molecule has 1 aromatic carbocycles. The number of hydrogen-bond donors (Lipinski definition) is 0. The lowest BCUT2D eigenvalue weighted by molar-refractivity contribution is -0.130. The zero-order valence-corrected chi connectivity index (χ0v) is 15.5. The van der Waals surface area contributed by atoms with E-state index in [1.807, 2.05) is 27.0 Å². The van der Waals surface area contributed by atoms with Crippen molar-refractivity contribution in [3.05, 3.63) is 46.3 Å². The van der Waals surface area contributed by atoms with Crippen molar-refractivity contribution in [1.29, 1.82) is 0 Å². The Balaban J connectivity index is 1.69. The standard InChI is InChI=1S/C20H26N2O3/c1-13-19(14(2)25-21-13)12-22(3)20(23)11-16-7-5-6-15-10-17(24-4)8-9-18(15)16/h8-10,16H,5-7,11-12H2,1-4H3. The first kappa shape index (κ1) is 17.5. The minimum Gasteiger partial charge on any atom is -0.497 e. The Morgan fingerprint density at radius 1 is 1.40 bits per heavy atom. The number of nitrogens with zero attached hydrogens (tertiary/aromatic N) is 2. The van der Waals surface area contributed by atoms with Crippen LogP contribution in [0.1, 0.15) is 53.3 Å². The average Bonchev–Trinajstić information content (AvgIpc) is 2.93. The summed E-state index contributed by atoms with van der Waals surface area (Å²) in [4.78, 5) is 14.5. The van der Waals surface area contributed by atoms with Crippen molar-refractivity contribution in [2.75, 3.05) is 14.2 Å². The van der Waals surface area contributed by atoms with Gasteiger partial charge < -0.3 is 14.2 Å². The van der Waals surface area contributed by atoms with Gasteiger partial charge in [-0.05, 0) is 62.3 Å². The molecule has 0 fully saturated rings. The zero-order chi connectivity index (χ0) is 18.0. The van der Waals surface area contributed by atoms with Crippen LogP contribution in [-0.2, 0) is 17.8 Å². The number of methoxy groups -OCH3 is 1. The Hall–Kier alpha value is -2.30. The van der Waals surface area contributed by atoms with Crippen molar-refractivity contribution < 1.29 is 14.1 Å². The predicted molar refractivity (Wildman–Crippen MR) is 95.7 cm³/mol. The van der Waals surface area contributed by atoms with Crippen LogP contribution >= 0.6 is 0 Å². The van der Waals surface area contributed by atoms with Crippen LogP contribution in [0.3, 0.4) is 0 Å². The van der Waals surface area contributed by atoms with E-state index in [2.05, 4.69) is 17.3 Å². The average molecular weight is 342 g/mol. The molecule has 2 aromatic rings. The summed E-state index contributed by atoms with van der Waals surface area (Å²) < 4.78 is 10.5. The van der Waals surface area contributed by atoms with E-state index in [1.165, 1.54) is 11.1 Å². The molecular formula is C20H26N2O3. The fourth-order valence-electron chi connectivity index (χ4n) is 3.65. The van der Waals surface area contributed by atoms with Gasteiger partial charge in [-0.15, -0.1) is 0 Å². The van der Waals surface area contributed by atoms with Gasteiger partial charge in [-0.3, -0.25) is 4.79 Å². The first-order valence-corrected chi connectivity index (χ1v) is 8.82. The first-order valence-electron chi connectivity index (χ1n) is 8.82. The summed E-state index contributed by atoms with van der Waals surface area (Å²) in [6.07, 6.45) is 3.78. The molecule has 1 aliphatic rings. The van der Waals surface area contributed by atoms with Crippen molar-refractivity contribution >= 4 is 5.91 Å². The third-order valence-electron chi connectivity index (χ3n) is 5.21. The van der Waals surface area contributed by atoms with Gasteiger partial charge >= 0.3 is 0 Å². The Morgan fingerprint density at radius 2 is 2.20 bits per heavy atom. The number of rotatable bonds is 5. The Bertz CT molecular complexity index is 747. The molecule has 1 heterocycles. The molecule has 1 aliphatic carbocycles. The molecule has 1 aromatic heterocycles. The summed E-state index contributed by atoms with van der Waals surface area (Å²) in [5, 5.41) is 3.97. The number of ether oxygens (including phenoxy) is 1. The summed E-state index contributed by atoms with van der Waals surface area (Å²) in [7, 11) is 3.54. The number of aryl methyl sites for hydroxylation is 3. The van der Waals surface area contributed by atoms with Gasteiger partial charge in [-0.2, -0.15) is 0 Å². The van der Waals surface area contributed by atoms with Crippen molar-refractivity contribution in [3.63, 3.8) is 0 Å². The maximum Gasteiger partial charge on any atom is 0.223 e. The molecule has 0 saturated heterocycles. The highest BCUT2D eigenvalue weighted by Crippen LogP contribution is 2.36. The van der Waals surface area contributed by atoms with E-state index in [9.17, 15) is 4.79 Å². The van der Waals surface area contributed by atoms with Crippen LogP contribution in [0.15, 0.2) is 22.7 Å². The highest BCUT2D eigenvalue weighted by Gasteiger charge is 2.25. The maximum atomic E-state index is 12.7. The van der Waals surface area contributed by atoms with Crippen molar-refractivity contribution in [3.8, 4) is 5.75 Å². The fraction of sp³-hybridized carbons (Fsp3) is 0.500. The van der Waals surface area contributed by atoms with Crippen molar-refractivity contribution in [2.45, 2.75) is 52.0 Å². The number of hydrogen-bond acceptors (Lipinski definition) is 4. The van der Waals surface area contributed by atoms with Crippen LogP contribution in [0, 0.1) is 13.8 Å². The molecule has 1 atom stereocenters. The summed E-state index contributed by atoms with van der Waals surface area (Å²) in [5.41, 5.74) is 4.47. The third-order valence-corrected chi connectivity index (χ3v) is 5.21. The second kappa shape index (κ2) is 7.30. The summed E-state index contributed by atoms with van der Waals surface area (Å²) >= 11 is 0. The zero-order valence-electron chi connectivity index (χ0n) is 15.5. The lowest BCUT2D eigenvalue weighted by Crippen LogP contribution is -2.28. The number of fused-ring (bicyclic) bond motifs is 1. The largest absolute Gasteiger partial charge is 0.497 e. The van der Waals surface area contributed by atoms with Crippen LogP contribution in [0.4, 0.5) is 0 Å². The molecule has 0 bridgehead atoms. The number of carbonyl (C=O) groups is 1. The predicted octanol–water partition coefficient (Wildman–Crippen LogP) is 3.77. The van der Waals surface area contributed by atoms with Gasteiger partial charge in [0.05, 0.1) is 19.3 Å². The van der Waals surface area contributed by atoms with E-state index in [0.29, 0.717) is 13.0 Å². The number of amides is 1. The van der Waals surface area contributed by atoms with E-state index >= 15 is 0 Å². The summed E-state index contributed by atoms with van der Waals surface area (Å²) in [6.45, 7) is 4.34. The van der Waals surface area contributed by atoms with Crippen LogP contribution < -0.4 is 4.74 Å². The minimum atomic E-state index is 0.161. The van der Waals surface area contributed by atoms with E-state index in [1.54, 1.807) is 12.0 Å². The van der Waals surface area contributed by atoms with Crippen LogP contribution in [0.2, 0.25) is 0 Å². The van der Waals surface area contributed by atoms with E-state index in [4.69, 9.17) is 9.26 Å². The fourth-order valence-corrected chi connectivity index (χ4v) is 3.65. The third kappa shape index (κ3) is 3.70. The molecule has 134 valence electrons. The molecule has 1 amide bonds. The molecule has 0 N–H and O–H groups in total. The van der Waals surface area contributed by atoms with E-state index in [0.717, 1.165) is 42.0 Å². The topological polar surface area (TPSA) is 55.6 Å². The summed E-state index contributed by atoms with van der Waals surface area (Å²) in [6, 6.07) is 6.23. The Labute approximate surface area is 148 Å². The Morgan fingerprint density at radius 3 is 2.88 bits per heavy atom. The lowest BCUT2D eigenvalue weighted by Gasteiger charge is -2.27. The van der Waals surface area contributed by atoms with Crippen LogP contribution in [0.25, 0.3) is 0 Å². The molecule has 5 heteroatoms. The van der Waals surface area contributed by atoms with E-state index in [-0.39, 0.29) is 11.8 Å². The molecule has 0 saturated carbocycles. The van der Waals surface area contributed by atoms with Gasteiger partial charge in [0, 0.05) is 19.0 Å². The maximum absolute atomic E-state index is 12.7. The van der Waals surface area contributed by atoms with Crippen molar-refractivity contribution in [1.82, 2.24) is 10.1 Å². The molecule has 0 radical (unpaired) electrons. The molecule has 5 nitrogen and oxygen atoms in total. The number of carbonyl (C=O) groups excluding carboxylic acids is 1. The Kier molecular flexibility index (Phi) is 5.11.